The fourth-order valence-electron chi connectivity index (χ4n) is 3.41. The lowest BCUT2D eigenvalue weighted by Crippen LogP contribution is -2.51. The van der Waals surface area contributed by atoms with Gasteiger partial charge in [-0.1, -0.05) is 0 Å². The first kappa shape index (κ1) is 23.5. The summed E-state index contributed by atoms with van der Waals surface area (Å²) in [6, 6.07) is 1.31. The maximum atomic E-state index is 13.2. The van der Waals surface area contributed by atoms with Crippen LogP contribution < -0.4 is 14.4 Å². The Hall–Kier alpha value is -2.12. The van der Waals surface area contributed by atoms with Gasteiger partial charge in [-0.25, -0.2) is 9.29 Å². The largest absolute Gasteiger partial charge is 0.474 e. The zero-order chi connectivity index (χ0) is 23.0. The van der Waals surface area contributed by atoms with Crippen LogP contribution in [-0.2, 0) is 10.2 Å². The van der Waals surface area contributed by atoms with E-state index in [1.54, 1.807) is 13.8 Å². The van der Waals surface area contributed by atoms with Crippen molar-refractivity contribution in [2.75, 3.05) is 37.2 Å². The van der Waals surface area contributed by atoms with Crippen LogP contribution in [0.1, 0.15) is 37.0 Å². The third-order valence-corrected chi connectivity index (χ3v) is 7.22. The van der Waals surface area contributed by atoms with E-state index >= 15 is 0 Å². The van der Waals surface area contributed by atoms with Gasteiger partial charge in [0, 0.05) is 19.3 Å². The summed E-state index contributed by atoms with van der Waals surface area (Å²) >= 11 is 0. The molecule has 1 aromatic rings. The van der Waals surface area contributed by atoms with Gasteiger partial charge in [-0.2, -0.15) is 25.9 Å². The smallest absolute Gasteiger partial charge is 0.391 e. The molecule has 3 rings (SSSR count). The lowest BCUT2D eigenvalue weighted by molar-refractivity contribution is -0.182. The van der Waals surface area contributed by atoms with E-state index in [-0.39, 0.29) is 62.8 Å². The first-order chi connectivity index (χ1) is 14.3. The highest BCUT2D eigenvalue weighted by molar-refractivity contribution is 7.90. The van der Waals surface area contributed by atoms with Crippen molar-refractivity contribution in [3.8, 4) is 5.88 Å². The lowest BCUT2D eigenvalue weighted by atomic mass is 9.98. The molecular formula is C18H25F3N4O5S. The number of alkyl halides is 3. The first-order valence-electron chi connectivity index (χ1n) is 9.76. The number of aromatic nitrogens is 1. The normalized spacial score (nSPS) is 19.0. The van der Waals surface area contributed by atoms with E-state index in [0.29, 0.717) is 0 Å². The van der Waals surface area contributed by atoms with E-state index in [4.69, 9.17) is 4.74 Å². The Balaban J connectivity index is 1.84. The van der Waals surface area contributed by atoms with Gasteiger partial charge < -0.3 is 15.2 Å². The van der Waals surface area contributed by atoms with Crippen molar-refractivity contribution < 1.29 is 36.2 Å². The number of carbonyl (C=O) groups is 1. The molecule has 0 spiro atoms. The molecule has 13 heteroatoms. The van der Waals surface area contributed by atoms with Crippen molar-refractivity contribution in [3.63, 3.8) is 0 Å². The van der Waals surface area contributed by atoms with Crippen LogP contribution in [0.3, 0.4) is 0 Å². The predicted octanol–water partition coefficient (Wildman–Crippen LogP) is 1.30. The molecule has 0 atom stereocenters. The standard InChI is InChI=1S/C18H25F3N4O5S/c1-17(2,11-26)23-15(27)12-9-14-16(22-10-12)30-8-7-25(14)31(28,29)24-5-3-13(4-6-24)18(19,20)21/h9-10,13,26H,3-8,11H2,1-2H3,(H,23,27). The topological polar surface area (TPSA) is 112 Å². The molecule has 174 valence electrons. The number of halogens is 3. The number of pyridine rings is 1. The molecule has 1 fully saturated rings. The number of fused-ring (bicyclic) bond motifs is 1. The Morgan fingerprint density at radius 1 is 1.29 bits per heavy atom. The van der Waals surface area contributed by atoms with E-state index in [1.807, 2.05) is 0 Å². The molecule has 0 saturated carbocycles. The summed E-state index contributed by atoms with van der Waals surface area (Å²) in [4.78, 5) is 16.5. The molecular weight excluding hydrogens is 441 g/mol. The number of hydrogen-bond acceptors (Lipinski definition) is 6. The van der Waals surface area contributed by atoms with Gasteiger partial charge in [0.05, 0.1) is 30.2 Å². The Kier molecular flexibility index (Phi) is 6.40. The molecule has 0 aromatic carbocycles. The van der Waals surface area contributed by atoms with Gasteiger partial charge in [0.1, 0.15) is 12.3 Å². The molecule has 1 amide bonds. The number of piperidine rings is 1. The van der Waals surface area contributed by atoms with Gasteiger partial charge in [0.25, 0.3) is 5.91 Å². The Bertz CT molecular complexity index is 931. The van der Waals surface area contributed by atoms with Gasteiger partial charge in [-0.05, 0) is 32.8 Å². The average Bonchev–Trinajstić information content (AvgIpc) is 2.72. The quantitative estimate of drug-likeness (QED) is 0.677. The summed E-state index contributed by atoms with van der Waals surface area (Å²) in [5, 5.41) is 11.9. The van der Waals surface area contributed by atoms with Gasteiger partial charge in [-0.15, -0.1) is 0 Å². The van der Waals surface area contributed by atoms with Gasteiger partial charge >= 0.3 is 16.4 Å². The Morgan fingerprint density at radius 3 is 2.52 bits per heavy atom. The summed E-state index contributed by atoms with van der Waals surface area (Å²) in [5.74, 6) is -2.08. The van der Waals surface area contributed by atoms with Crippen LogP contribution in [0.15, 0.2) is 12.3 Å². The minimum absolute atomic E-state index is 0.0120. The van der Waals surface area contributed by atoms with Crippen molar-refractivity contribution in [3.05, 3.63) is 17.8 Å². The summed E-state index contributed by atoms with van der Waals surface area (Å²) in [6.07, 6.45) is -3.74. The monoisotopic (exact) mass is 466 g/mol. The van der Waals surface area contributed by atoms with E-state index in [0.717, 1.165) is 8.61 Å². The van der Waals surface area contributed by atoms with Crippen molar-refractivity contribution in [1.82, 2.24) is 14.6 Å². The zero-order valence-corrected chi connectivity index (χ0v) is 18.0. The van der Waals surface area contributed by atoms with Gasteiger partial charge in [-0.3, -0.25) is 4.79 Å². The lowest BCUT2D eigenvalue weighted by Gasteiger charge is -2.37. The molecule has 1 aromatic heterocycles. The minimum Gasteiger partial charge on any atom is -0.474 e. The van der Waals surface area contributed by atoms with Gasteiger partial charge in [0.15, 0.2) is 0 Å². The van der Waals surface area contributed by atoms with Crippen molar-refractivity contribution in [1.29, 1.82) is 0 Å². The van der Waals surface area contributed by atoms with Crippen molar-refractivity contribution in [2.45, 2.75) is 38.4 Å². The van der Waals surface area contributed by atoms with Crippen LogP contribution in [0.4, 0.5) is 18.9 Å². The number of nitrogens with one attached hydrogen (secondary N) is 1. The highest BCUT2D eigenvalue weighted by atomic mass is 32.2. The van der Waals surface area contributed by atoms with E-state index < -0.39 is 33.7 Å². The number of aliphatic hydroxyl groups excluding tert-OH is 1. The highest BCUT2D eigenvalue weighted by Gasteiger charge is 2.44. The van der Waals surface area contributed by atoms with Crippen LogP contribution in [0.5, 0.6) is 5.88 Å². The maximum Gasteiger partial charge on any atom is 0.391 e. The Morgan fingerprint density at radius 2 is 1.94 bits per heavy atom. The average molecular weight is 466 g/mol. The predicted molar refractivity (Wildman–Crippen MR) is 105 cm³/mol. The van der Waals surface area contributed by atoms with Crippen LogP contribution in [0.25, 0.3) is 0 Å². The third-order valence-electron chi connectivity index (χ3n) is 5.27. The third kappa shape index (κ3) is 5.04. The molecule has 2 aliphatic heterocycles. The van der Waals surface area contributed by atoms with E-state index in [9.17, 15) is 31.5 Å². The number of carbonyl (C=O) groups excluding carboxylic acids is 1. The summed E-state index contributed by atoms with van der Waals surface area (Å²) in [6.45, 7) is 2.36. The van der Waals surface area contributed by atoms with E-state index in [1.165, 1.54) is 12.3 Å². The molecule has 0 bridgehead atoms. The Labute approximate surface area is 178 Å². The molecule has 1 saturated heterocycles. The van der Waals surface area contributed by atoms with E-state index in [2.05, 4.69) is 10.3 Å². The summed E-state index contributed by atoms with van der Waals surface area (Å²) in [7, 11) is -4.14. The first-order valence-corrected chi connectivity index (χ1v) is 11.2. The second kappa shape index (κ2) is 8.43. The van der Waals surface area contributed by atoms with Crippen LogP contribution in [0, 0.1) is 5.92 Å². The molecule has 3 heterocycles. The molecule has 0 aliphatic carbocycles. The zero-order valence-electron chi connectivity index (χ0n) is 17.1. The number of aliphatic hydroxyl groups is 1. The summed E-state index contributed by atoms with van der Waals surface area (Å²) in [5.41, 5.74) is -0.807. The van der Waals surface area contributed by atoms with Crippen molar-refractivity contribution in [2.24, 2.45) is 5.92 Å². The van der Waals surface area contributed by atoms with Crippen molar-refractivity contribution >= 4 is 21.8 Å². The molecule has 2 aliphatic rings. The number of nitrogens with zero attached hydrogens (tertiary/aromatic N) is 3. The SMILES string of the molecule is CC(C)(CO)NC(=O)c1cnc2c(c1)N(S(=O)(=O)N1CCC(C(F)(F)F)CC1)CCO2. The second-order valence-electron chi connectivity index (χ2n) is 8.19. The highest BCUT2D eigenvalue weighted by Crippen LogP contribution is 2.37. The number of ether oxygens (including phenoxy) is 1. The van der Waals surface area contributed by atoms with Crippen LogP contribution in [0.2, 0.25) is 0 Å². The number of anilines is 1. The molecule has 9 nitrogen and oxygen atoms in total. The molecule has 0 unspecified atom stereocenters. The minimum atomic E-state index is -4.35. The van der Waals surface area contributed by atoms with Crippen LogP contribution >= 0.6 is 0 Å². The fourth-order valence-corrected chi connectivity index (χ4v) is 5.05. The van der Waals surface area contributed by atoms with Gasteiger partial charge in [0.2, 0.25) is 5.88 Å². The molecule has 0 radical (unpaired) electrons. The number of amides is 1. The number of hydrogen-bond donors (Lipinski definition) is 2. The molecule has 2 N–H and O–H groups in total. The molecule has 31 heavy (non-hydrogen) atoms. The number of rotatable bonds is 5. The van der Waals surface area contributed by atoms with Crippen LogP contribution in [-0.4, -0.2) is 73.3 Å². The second-order valence-corrected chi connectivity index (χ2v) is 10.0. The fraction of sp³-hybridized carbons (Fsp3) is 0.667. The maximum absolute atomic E-state index is 13.2. The summed E-state index contributed by atoms with van der Waals surface area (Å²) < 4.78 is 72.5.